The Hall–Kier alpha value is -3.53. The van der Waals surface area contributed by atoms with Crippen LogP contribution in [0.3, 0.4) is 0 Å². The molecule has 0 amide bonds. The quantitative estimate of drug-likeness (QED) is 0.185. The van der Waals surface area contributed by atoms with E-state index in [4.69, 9.17) is 23.4 Å². The predicted molar refractivity (Wildman–Crippen MR) is 154 cm³/mol. The van der Waals surface area contributed by atoms with Gasteiger partial charge in [0.15, 0.2) is 12.1 Å². The van der Waals surface area contributed by atoms with Crippen molar-refractivity contribution >= 4 is 11.0 Å². The topological polar surface area (TPSA) is 209 Å². The van der Waals surface area contributed by atoms with E-state index in [1.807, 2.05) is 19.9 Å². The molecule has 238 valence electrons. The van der Waals surface area contributed by atoms with Crippen molar-refractivity contribution in [1.82, 2.24) is 0 Å². The third kappa shape index (κ3) is 6.18. The van der Waals surface area contributed by atoms with Crippen molar-refractivity contribution < 1.29 is 59.1 Å². The first kappa shape index (κ1) is 31.9. The summed E-state index contributed by atoms with van der Waals surface area (Å²) in [7, 11) is 0. The number of allylic oxidation sites excluding steroid dienone is 2. The summed E-state index contributed by atoms with van der Waals surface area (Å²) in [6.07, 6.45) is -11.3. The molecule has 2 aliphatic rings. The number of phenolic OH excluding ortho intramolecular Hbond substituents is 2. The Balaban J connectivity index is 1.56. The maximum Gasteiger partial charge on any atom is 0.239 e. The molecule has 2 saturated heterocycles. The van der Waals surface area contributed by atoms with Crippen molar-refractivity contribution in [2.45, 2.75) is 82.5 Å². The van der Waals surface area contributed by atoms with E-state index in [-0.39, 0.29) is 34.8 Å². The number of aliphatic hydroxyl groups excluding tert-OH is 5. The highest BCUT2D eigenvalue weighted by molar-refractivity contribution is 5.89. The zero-order valence-electron chi connectivity index (χ0n) is 24.2. The van der Waals surface area contributed by atoms with Crippen LogP contribution in [0.2, 0.25) is 0 Å². The number of rotatable bonds is 7. The van der Waals surface area contributed by atoms with Crippen LogP contribution in [0.15, 0.2) is 57.3 Å². The Kier molecular flexibility index (Phi) is 9.30. The average Bonchev–Trinajstić information content (AvgIpc) is 2.98. The van der Waals surface area contributed by atoms with Gasteiger partial charge in [-0.05, 0) is 63.1 Å². The second-order valence-corrected chi connectivity index (χ2v) is 11.2. The minimum atomic E-state index is -1.78. The van der Waals surface area contributed by atoms with Gasteiger partial charge in [0.25, 0.3) is 0 Å². The van der Waals surface area contributed by atoms with Gasteiger partial charge in [0.2, 0.25) is 17.5 Å². The van der Waals surface area contributed by atoms with Gasteiger partial charge < -0.3 is 59.1 Å². The molecule has 2 aliphatic heterocycles. The highest BCUT2D eigenvalue weighted by Gasteiger charge is 2.49. The van der Waals surface area contributed by atoms with Gasteiger partial charge in [-0.25, -0.2) is 0 Å². The summed E-state index contributed by atoms with van der Waals surface area (Å²) in [6, 6.07) is 8.74. The monoisotopic (exact) mass is 616 g/mol. The Bertz CT molecular complexity index is 1560. The van der Waals surface area contributed by atoms with Crippen molar-refractivity contribution in [3.63, 3.8) is 0 Å². The summed E-state index contributed by atoms with van der Waals surface area (Å²) in [5.41, 5.74) is 1.30. The number of benzene rings is 2. The van der Waals surface area contributed by atoms with Crippen LogP contribution in [0, 0.1) is 0 Å². The first-order valence-corrected chi connectivity index (χ1v) is 14.1. The van der Waals surface area contributed by atoms with E-state index in [0.717, 1.165) is 5.57 Å². The Morgan fingerprint density at radius 2 is 1.64 bits per heavy atom. The highest BCUT2D eigenvalue weighted by Crippen LogP contribution is 2.38. The van der Waals surface area contributed by atoms with E-state index < -0.39 is 66.5 Å². The van der Waals surface area contributed by atoms with E-state index in [0.29, 0.717) is 17.5 Å². The number of aromatic hydroxyl groups is 2. The molecule has 0 bridgehead atoms. The third-order valence-electron chi connectivity index (χ3n) is 7.68. The Morgan fingerprint density at radius 1 is 0.932 bits per heavy atom. The standard InChI is InChI=1S/C31H36O13/c1-13(2)4-5-15-8-11-18(33)20-23(37)29(27(42-26(15)20)16-6-9-17(32)10-7-16)44-31-25(39)28(21(35)14(3)41-31)43-30-24(38)22(36)19(34)12-40-30/h4,6-11,14,19,21-22,24-25,28,30-36,38-39H,5,12H2,1-3H3/t14-,19+,21-,22-,24+,25+,28+,30-,31-/m0/s1. The van der Waals surface area contributed by atoms with Crippen molar-refractivity contribution in [3.8, 4) is 28.6 Å². The molecule has 0 saturated carbocycles. The minimum Gasteiger partial charge on any atom is -0.508 e. The maximum absolute atomic E-state index is 14.0. The van der Waals surface area contributed by atoms with Crippen molar-refractivity contribution in [2.75, 3.05) is 6.61 Å². The van der Waals surface area contributed by atoms with Gasteiger partial charge in [-0.3, -0.25) is 4.79 Å². The SMILES string of the molecule is CC(C)=CCc1ccc(O)c2c(=O)c(O[C@@H]3O[C@@H](C)[C@H](O)[C@@H](O[C@@H]4OC[C@@H](O)[C@H](O)[C@H]4O)[C@H]3O)c(-c3ccc(O)cc3)oc12. The first-order chi connectivity index (χ1) is 20.9. The fourth-order valence-electron chi connectivity index (χ4n) is 5.13. The molecule has 0 unspecified atom stereocenters. The number of fused-ring (bicyclic) bond motifs is 1. The van der Waals surface area contributed by atoms with Gasteiger partial charge in [0.05, 0.1) is 12.7 Å². The van der Waals surface area contributed by atoms with Gasteiger partial charge in [-0.15, -0.1) is 0 Å². The van der Waals surface area contributed by atoms with E-state index >= 15 is 0 Å². The molecule has 0 radical (unpaired) electrons. The van der Waals surface area contributed by atoms with Crippen LogP contribution in [-0.2, 0) is 20.6 Å². The molecule has 0 spiro atoms. The van der Waals surface area contributed by atoms with Crippen molar-refractivity contribution in [3.05, 3.63) is 63.8 Å². The molecule has 9 atom stereocenters. The van der Waals surface area contributed by atoms with E-state index in [2.05, 4.69) is 0 Å². The van der Waals surface area contributed by atoms with E-state index in [1.165, 1.54) is 37.3 Å². The number of hydrogen-bond donors (Lipinski definition) is 7. The zero-order valence-corrected chi connectivity index (χ0v) is 24.2. The lowest BCUT2D eigenvalue weighted by Crippen LogP contribution is -2.62. The fourth-order valence-corrected chi connectivity index (χ4v) is 5.13. The van der Waals surface area contributed by atoms with Crippen LogP contribution < -0.4 is 10.2 Å². The first-order valence-electron chi connectivity index (χ1n) is 14.1. The molecule has 44 heavy (non-hydrogen) atoms. The van der Waals surface area contributed by atoms with Gasteiger partial charge in [-0.2, -0.15) is 0 Å². The minimum absolute atomic E-state index is 0.0418. The summed E-state index contributed by atoms with van der Waals surface area (Å²) >= 11 is 0. The lowest BCUT2D eigenvalue weighted by molar-refractivity contribution is -0.336. The summed E-state index contributed by atoms with van der Waals surface area (Å²) in [5, 5.41) is 72.5. The highest BCUT2D eigenvalue weighted by atomic mass is 16.7. The number of hydrogen-bond acceptors (Lipinski definition) is 13. The molecule has 13 heteroatoms. The van der Waals surface area contributed by atoms with Gasteiger partial charge in [0.1, 0.15) is 59.1 Å². The molecular formula is C31H36O13. The lowest BCUT2D eigenvalue weighted by Gasteiger charge is -2.44. The molecule has 2 fully saturated rings. The van der Waals surface area contributed by atoms with Crippen molar-refractivity contribution in [1.29, 1.82) is 0 Å². The molecule has 7 N–H and O–H groups in total. The second-order valence-electron chi connectivity index (χ2n) is 11.2. The van der Waals surface area contributed by atoms with Crippen LogP contribution in [-0.4, -0.2) is 97.7 Å². The summed E-state index contributed by atoms with van der Waals surface area (Å²) < 4.78 is 28.8. The molecule has 3 aromatic rings. The molecule has 3 heterocycles. The normalized spacial score (nSPS) is 30.7. The molecule has 2 aromatic carbocycles. The molecule has 5 rings (SSSR count). The van der Waals surface area contributed by atoms with Crippen LogP contribution >= 0.6 is 0 Å². The van der Waals surface area contributed by atoms with Crippen LogP contribution in [0.4, 0.5) is 0 Å². The van der Waals surface area contributed by atoms with Crippen molar-refractivity contribution in [2.24, 2.45) is 0 Å². The molecular weight excluding hydrogens is 580 g/mol. The van der Waals surface area contributed by atoms with E-state index in [9.17, 15) is 40.5 Å². The Labute approximate surface area is 251 Å². The predicted octanol–water partition coefficient (Wildman–Crippen LogP) is 1.05. The average molecular weight is 617 g/mol. The number of phenols is 2. The van der Waals surface area contributed by atoms with Gasteiger partial charge >= 0.3 is 0 Å². The number of ether oxygens (including phenoxy) is 4. The van der Waals surface area contributed by atoms with Crippen LogP contribution in [0.25, 0.3) is 22.3 Å². The van der Waals surface area contributed by atoms with Gasteiger partial charge in [0, 0.05) is 5.56 Å². The molecule has 13 nitrogen and oxygen atoms in total. The summed E-state index contributed by atoms with van der Waals surface area (Å²) in [6.45, 7) is 4.93. The summed E-state index contributed by atoms with van der Waals surface area (Å²) in [5.74, 6) is -0.922. The largest absolute Gasteiger partial charge is 0.508 e. The van der Waals surface area contributed by atoms with Gasteiger partial charge in [-0.1, -0.05) is 17.7 Å². The lowest BCUT2D eigenvalue weighted by atomic mass is 9.98. The van der Waals surface area contributed by atoms with Crippen LogP contribution in [0.5, 0.6) is 17.2 Å². The zero-order chi connectivity index (χ0) is 31.9. The smallest absolute Gasteiger partial charge is 0.239 e. The number of aliphatic hydroxyl groups is 5. The third-order valence-corrected chi connectivity index (χ3v) is 7.68. The molecule has 0 aliphatic carbocycles. The maximum atomic E-state index is 14.0. The summed E-state index contributed by atoms with van der Waals surface area (Å²) in [4.78, 5) is 14.0. The molecule has 1 aromatic heterocycles. The second kappa shape index (κ2) is 12.8. The fraction of sp³-hybridized carbons (Fsp3) is 0.452. The van der Waals surface area contributed by atoms with Crippen LogP contribution in [0.1, 0.15) is 26.3 Å². The Morgan fingerprint density at radius 3 is 2.32 bits per heavy atom. The van der Waals surface area contributed by atoms with E-state index in [1.54, 1.807) is 6.07 Å².